The summed E-state index contributed by atoms with van der Waals surface area (Å²) in [7, 11) is 0. The van der Waals surface area contributed by atoms with Crippen LogP contribution < -0.4 is 21.5 Å². The lowest BCUT2D eigenvalue weighted by atomic mass is 9.92. The first kappa shape index (κ1) is 16.4. The fraction of sp³-hybridized carbons (Fsp3) is 0.375. The van der Waals surface area contributed by atoms with E-state index < -0.39 is 17.1 Å². The molecule has 0 spiro atoms. The van der Waals surface area contributed by atoms with Crippen molar-refractivity contribution in [1.82, 2.24) is 14.9 Å². The average molecular weight is 334 g/mol. The van der Waals surface area contributed by atoms with Crippen LogP contribution in [-0.2, 0) is 6.54 Å². The predicted octanol–water partition coefficient (Wildman–Crippen LogP) is 0.871. The highest BCUT2D eigenvalue weighted by Gasteiger charge is 2.30. The number of nitrogens with one attached hydrogen (secondary N) is 1. The zero-order valence-electron chi connectivity index (χ0n) is 13.0. The van der Waals surface area contributed by atoms with Gasteiger partial charge in [0, 0.05) is 6.20 Å². The van der Waals surface area contributed by atoms with E-state index in [1.807, 2.05) is 0 Å². The van der Waals surface area contributed by atoms with Crippen LogP contribution in [0, 0.1) is 5.82 Å². The van der Waals surface area contributed by atoms with E-state index in [9.17, 15) is 14.3 Å². The van der Waals surface area contributed by atoms with Crippen LogP contribution in [0.15, 0.2) is 35.3 Å². The van der Waals surface area contributed by atoms with Gasteiger partial charge in [-0.2, -0.15) is 4.98 Å². The molecule has 0 atom stereocenters. The molecule has 128 valence electrons. The lowest BCUT2D eigenvalue weighted by Crippen LogP contribution is -2.46. The summed E-state index contributed by atoms with van der Waals surface area (Å²) in [6.45, 7) is 1.52. The molecule has 0 aliphatic carbocycles. The van der Waals surface area contributed by atoms with Crippen molar-refractivity contribution in [2.45, 2.75) is 25.0 Å². The number of aliphatic hydroxyl groups is 1. The molecule has 0 amide bonds. The van der Waals surface area contributed by atoms with Crippen LogP contribution in [0.1, 0.15) is 12.8 Å². The fourth-order valence-corrected chi connectivity index (χ4v) is 2.67. The number of benzene rings is 1. The molecule has 0 bridgehead atoms. The molecule has 1 aromatic carbocycles. The molecular formula is C16H19FN4O3. The fourth-order valence-electron chi connectivity index (χ4n) is 2.67. The van der Waals surface area contributed by atoms with Gasteiger partial charge in [0.2, 0.25) is 5.88 Å². The first-order valence-electron chi connectivity index (χ1n) is 7.69. The van der Waals surface area contributed by atoms with Crippen molar-refractivity contribution < 1.29 is 14.2 Å². The molecule has 8 heteroatoms. The number of hydrogen-bond donors (Lipinski definition) is 3. The van der Waals surface area contributed by atoms with E-state index in [1.165, 1.54) is 35.0 Å². The maximum absolute atomic E-state index is 12.9. The van der Waals surface area contributed by atoms with Crippen molar-refractivity contribution in [3.8, 4) is 11.6 Å². The number of ether oxygens (including phenoxy) is 1. The molecular weight excluding hydrogens is 315 g/mol. The van der Waals surface area contributed by atoms with E-state index in [-0.39, 0.29) is 18.1 Å². The number of halogens is 1. The van der Waals surface area contributed by atoms with E-state index in [2.05, 4.69) is 10.3 Å². The van der Waals surface area contributed by atoms with Crippen LogP contribution in [0.4, 0.5) is 10.1 Å². The van der Waals surface area contributed by atoms with Crippen LogP contribution >= 0.6 is 0 Å². The standard InChI is InChI=1S/C16H19FN4O3/c17-11-1-3-12(4-2-11)24-14-13(18)9-21(15(22)20-14)10-16(23)5-7-19-8-6-16/h1-4,9,19,23H,5-8,10,18H2. The second-order valence-corrected chi connectivity index (χ2v) is 5.94. The maximum atomic E-state index is 12.9. The SMILES string of the molecule is Nc1cn(CC2(O)CCNCC2)c(=O)nc1Oc1ccc(F)cc1. The number of nitrogen functional groups attached to an aromatic ring is 1. The van der Waals surface area contributed by atoms with E-state index in [0.717, 1.165) is 0 Å². The zero-order chi connectivity index (χ0) is 17.2. The first-order chi connectivity index (χ1) is 11.5. The molecule has 4 N–H and O–H groups in total. The topological polar surface area (TPSA) is 102 Å². The third-order valence-electron chi connectivity index (χ3n) is 4.01. The lowest BCUT2D eigenvalue weighted by molar-refractivity contribution is -0.00648. The molecule has 1 fully saturated rings. The minimum Gasteiger partial charge on any atom is -0.437 e. The van der Waals surface area contributed by atoms with Crippen molar-refractivity contribution in [1.29, 1.82) is 0 Å². The number of piperidine rings is 1. The van der Waals surface area contributed by atoms with Gasteiger partial charge in [-0.1, -0.05) is 0 Å². The van der Waals surface area contributed by atoms with Crippen molar-refractivity contribution in [3.05, 3.63) is 46.8 Å². The highest BCUT2D eigenvalue weighted by Crippen LogP contribution is 2.25. The van der Waals surface area contributed by atoms with Crippen molar-refractivity contribution in [2.24, 2.45) is 0 Å². The van der Waals surface area contributed by atoms with Gasteiger partial charge in [0.15, 0.2) is 0 Å². The molecule has 1 saturated heterocycles. The first-order valence-corrected chi connectivity index (χ1v) is 7.69. The average Bonchev–Trinajstić information content (AvgIpc) is 2.55. The van der Waals surface area contributed by atoms with E-state index in [1.54, 1.807) is 0 Å². The highest BCUT2D eigenvalue weighted by molar-refractivity contribution is 5.47. The Labute approximate surface area is 137 Å². The summed E-state index contributed by atoms with van der Waals surface area (Å²) in [5, 5.41) is 13.7. The van der Waals surface area contributed by atoms with Crippen molar-refractivity contribution >= 4 is 5.69 Å². The molecule has 2 aromatic rings. The Balaban J connectivity index is 1.80. The van der Waals surface area contributed by atoms with Gasteiger partial charge in [-0.15, -0.1) is 0 Å². The van der Waals surface area contributed by atoms with E-state index in [4.69, 9.17) is 10.5 Å². The monoisotopic (exact) mass is 334 g/mol. The normalized spacial score (nSPS) is 16.8. The number of anilines is 1. The summed E-state index contributed by atoms with van der Waals surface area (Å²) in [5.41, 5.74) is 4.55. The van der Waals surface area contributed by atoms with Gasteiger partial charge >= 0.3 is 5.69 Å². The second-order valence-electron chi connectivity index (χ2n) is 5.94. The molecule has 0 unspecified atom stereocenters. The number of nitrogens with zero attached hydrogens (tertiary/aromatic N) is 2. The maximum Gasteiger partial charge on any atom is 0.351 e. The summed E-state index contributed by atoms with van der Waals surface area (Å²) in [4.78, 5) is 16.0. The Hall–Kier alpha value is -2.45. The van der Waals surface area contributed by atoms with E-state index in [0.29, 0.717) is 31.7 Å². The van der Waals surface area contributed by atoms with Gasteiger partial charge in [-0.3, -0.25) is 4.57 Å². The smallest absolute Gasteiger partial charge is 0.351 e. The van der Waals surface area contributed by atoms with Gasteiger partial charge in [0.05, 0.1) is 12.1 Å². The van der Waals surface area contributed by atoms with Crippen LogP contribution in [0.25, 0.3) is 0 Å². The van der Waals surface area contributed by atoms with E-state index >= 15 is 0 Å². The lowest BCUT2D eigenvalue weighted by Gasteiger charge is -2.32. The summed E-state index contributed by atoms with van der Waals surface area (Å²) in [6.07, 6.45) is 2.51. The largest absolute Gasteiger partial charge is 0.437 e. The number of rotatable bonds is 4. The van der Waals surface area contributed by atoms with Gasteiger partial charge in [0.25, 0.3) is 0 Å². The number of nitrogens with two attached hydrogens (primary N) is 1. The van der Waals surface area contributed by atoms with Gasteiger partial charge in [-0.25, -0.2) is 9.18 Å². The molecule has 2 heterocycles. The summed E-state index contributed by atoms with van der Waals surface area (Å²) in [5.74, 6) is -0.112. The molecule has 3 rings (SSSR count). The molecule has 0 saturated carbocycles. The quantitative estimate of drug-likeness (QED) is 0.767. The Morgan fingerprint density at radius 1 is 1.33 bits per heavy atom. The summed E-state index contributed by atoms with van der Waals surface area (Å²) >= 11 is 0. The van der Waals surface area contributed by atoms with Crippen molar-refractivity contribution in [2.75, 3.05) is 18.8 Å². The van der Waals surface area contributed by atoms with Crippen molar-refractivity contribution in [3.63, 3.8) is 0 Å². The van der Waals surface area contributed by atoms with Crippen LogP contribution in [0.3, 0.4) is 0 Å². The number of hydrogen-bond acceptors (Lipinski definition) is 6. The molecule has 24 heavy (non-hydrogen) atoms. The van der Waals surface area contributed by atoms with Gasteiger partial charge in [0.1, 0.15) is 17.3 Å². The minimum absolute atomic E-state index is 0.0415. The van der Waals surface area contributed by atoms with Crippen LogP contribution in [0.5, 0.6) is 11.6 Å². The van der Waals surface area contributed by atoms with Crippen LogP contribution in [-0.4, -0.2) is 33.3 Å². The third kappa shape index (κ3) is 3.72. The molecule has 0 radical (unpaired) electrons. The predicted molar refractivity (Wildman–Crippen MR) is 86.4 cm³/mol. The van der Waals surface area contributed by atoms with Gasteiger partial charge < -0.3 is 20.9 Å². The molecule has 1 aliphatic heterocycles. The van der Waals surface area contributed by atoms with Gasteiger partial charge in [-0.05, 0) is 50.2 Å². The minimum atomic E-state index is -0.956. The zero-order valence-corrected chi connectivity index (χ0v) is 13.0. The highest BCUT2D eigenvalue weighted by atomic mass is 19.1. The third-order valence-corrected chi connectivity index (χ3v) is 4.01. The molecule has 1 aromatic heterocycles. The molecule has 7 nitrogen and oxygen atoms in total. The summed E-state index contributed by atoms with van der Waals surface area (Å²) < 4.78 is 19.6. The Morgan fingerprint density at radius 2 is 2.00 bits per heavy atom. The second kappa shape index (κ2) is 6.58. The Kier molecular flexibility index (Phi) is 4.50. The van der Waals surface area contributed by atoms with Crippen LogP contribution in [0.2, 0.25) is 0 Å². The Morgan fingerprint density at radius 3 is 2.67 bits per heavy atom. The number of aromatic nitrogens is 2. The summed E-state index contributed by atoms with van der Waals surface area (Å²) in [6, 6.07) is 5.30. The molecule has 1 aliphatic rings. The Bertz CT molecular complexity index is 770.